The molecule has 25 heavy (non-hydrogen) atoms. The quantitative estimate of drug-likeness (QED) is 0.490. The second-order valence-corrected chi connectivity index (χ2v) is 6.57. The third-order valence-corrected chi connectivity index (χ3v) is 4.85. The minimum Gasteiger partial charge on any atom is -0.329 e. The average molecular weight is 368 g/mol. The van der Waals surface area contributed by atoms with Gasteiger partial charge in [0.2, 0.25) is 0 Å². The number of hydrogen-bond donors (Lipinski definition) is 2. The summed E-state index contributed by atoms with van der Waals surface area (Å²) in [6.07, 6.45) is 0. The van der Waals surface area contributed by atoms with Gasteiger partial charge in [0.25, 0.3) is 0 Å². The molecule has 0 fully saturated rings. The highest BCUT2D eigenvalue weighted by atomic mass is 35.5. The fourth-order valence-electron chi connectivity index (χ4n) is 2.94. The third kappa shape index (κ3) is 2.91. The Morgan fingerprint density at radius 1 is 0.880 bits per heavy atom. The molecule has 1 heterocycles. The normalized spacial score (nSPS) is 11.2. The highest BCUT2D eigenvalue weighted by molar-refractivity contribution is 6.36. The molecule has 1 aromatic heterocycles. The summed E-state index contributed by atoms with van der Waals surface area (Å²) in [5, 5.41) is 3.22. The summed E-state index contributed by atoms with van der Waals surface area (Å²) in [6.45, 7) is 0.515. The number of aromatic nitrogens is 2. The second-order valence-electron chi connectivity index (χ2n) is 5.79. The predicted molar refractivity (Wildman–Crippen MR) is 105 cm³/mol. The minimum atomic E-state index is 0.505. The smallest absolute Gasteiger partial charge is 0.139 e. The van der Waals surface area contributed by atoms with E-state index in [1.54, 1.807) is 0 Å². The Morgan fingerprint density at radius 2 is 1.60 bits per heavy atom. The van der Waals surface area contributed by atoms with E-state index in [4.69, 9.17) is 33.9 Å². The number of halogens is 2. The highest BCUT2D eigenvalue weighted by Gasteiger charge is 2.15. The molecule has 0 atom stereocenters. The van der Waals surface area contributed by atoms with Crippen molar-refractivity contribution < 1.29 is 0 Å². The predicted octanol–water partition coefficient (Wildman–Crippen LogP) is 5.66. The molecule has 5 heteroatoms. The summed E-state index contributed by atoms with van der Waals surface area (Å²) in [4.78, 5) is 7.89. The number of benzene rings is 3. The van der Waals surface area contributed by atoms with Crippen LogP contribution in [0.4, 0.5) is 0 Å². The lowest BCUT2D eigenvalue weighted by atomic mass is 10.0. The lowest BCUT2D eigenvalue weighted by Gasteiger charge is -2.06. The number of fused-ring (bicyclic) bond motifs is 1. The van der Waals surface area contributed by atoms with E-state index in [0.717, 1.165) is 33.3 Å². The molecule has 0 bridgehead atoms. The Bertz CT molecular complexity index is 1050. The molecule has 3 N–H and O–H groups in total. The van der Waals surface area contributed by atoms with Crippen LogP contribution >= 0.6 is 23.2 Å². The third-order valence-electron chi connectivity index (χ3n) is 4.25. The highest BCUT2D eigenvalue weighted by Crippen LogP contribution is 2.36. The first-order valence-corrected chi connectivity index (χ1v) is 8.65. The number of aromatic amines is 1. The number of nitrogens with two attached hydrogens (primary N) is 1. The van der Waals surface area contributed by atoms with Crippen LogP contribution in [0.5, 0.6) is 0 Å². The largest absolute Gasteiger partial charge is 0.329 e. The van der Waals surface area contributed by atoms with Crippen molar-refractivity contribution in [1.29, 1.82) is 0 Å². The van der Waals surface area contributed by atoms with Crippen molar-refractivity contribution in [2.24, 2.45) is 5.73 Å². The standard InChI is InChI=1S/C20H15Cl2N3/c21-17-6-2-3-14-15(17)4-1-5-16(14)18-19(22)25-20(24-18)13-9-7-12(11-23)8-10-13/h1-10H,11,23H2,(H,24,25). The van der Waals surface area contributed by atoms with Crippen LogP contribution in [0.1, 0.15) is 5.56 Å². The number of nitrogens with zero attached hydrogens (tertiary/aromatic N) is 1. The second kappa shape index (κ2) is 6.52. The molecule has 0 spiro atoms. The molecular formula is C20H15Cl2N3. The summed E-state index contributed by atoms with van der Waals surface area (Å²) < 4.78 is 0. The Balaban J connectivity index is 1.85. The summed E-state index contributed by atoms with van der Waals surface area (Å²) >= 11 is 12.8. The Kier molecular flexibility index (Phi) is 4.22. The molecule has 0 saturated heterocycles. The van der Waals surface area contributed by atoms with Gasteiger partial charge in [-0.25, -0.2) is 4.98 Å². The van der Waals surface area contributed by atoms with Crippen molar-refractivity contribution in [1.82, 2.24) is 9.97 Å². The topological polar surface area (TPSA) is 54.7 Å². The molecule has 0 aliphatic rings. The zero-order valence-corrected chi connectivity index (χ0v) is 14.8. The van der Waals surface area contributed by atoms with E-state index in [-0.39, 0.29) is 0 Å². The molecule has 4 aromatic rings. The van der Waals surface area contributed by atoms with E-state index in [1.807, 2.05) is 60.7 Å². The van der Waals surface area contributed by atoms with Crippen molar-refractivity contribution in [2.75, 3.05) is 0 Å². The number of H-pyrrole nitrogens is 1. The van der Waals surface area contributed by atoms with Crippen LogP contribution < -0.4 is 5.73 Å². The summed E-state index contributed by atoms with van der Waals surface area (Å²) in [5.41, 5.74) is 9.35. The van der Waals surface area contributed by atoms with Crippen LogP contribution in [0.3, 0.4) is 0 Å². The van der Waals surface area contributed by atoms with Crippen LogP contribution in [-0.4, -0.2) is 9.97 Å². The molecule has 0 aliphatic heterocycles. The van der Waals surface area contributed by atoms with Gasteiger partial charge in [0, 0.05) is 28.1 Å². The SMILES string of the molecule is NCc1ccc(-c2nc(-c3cccc4c(Cl)cccc34)c(Cl)[nH]2)cc1. The fraction of sp³-hybridized carbons (Fsp3) is 0.0500. The fourth-order valence-corrected chi connectivity index (χ4v) is 3.42. The molecule has 3 nitrogen and oxygen atoms in total. The monoisotopic (exact) mass is 367 g/mol. The summed E-state index contributed by atoms with van der Waals surface area (Å²) in [6, 6.07) is 19.7. The first kappa shape index (κ1) is 16.2. The lowest BCUT2D eigenvalue weighted by Crippen LogP contribution is -1.95. The van der Waals surface area contributed by atoms with Gasteiger partial charge in [-0.2, -0.15) is 0 Å². The molecule has 0 amide bonds. The molecule has 4 rings (SSSR count). The van der Waals surface area contributed by atoms with Gasteiger partial charge in [-0.15, -0.1) is 0 Å². The molecule has 124 valence electrons. The van der Waals surface area contributed by atoms with Gasteiger partial charge in [-0.1, -0.05) is 77.8 Å². The van der Waals surface area contributed by atoms with Crippen molar-refractivity contribution in [3.8, 4) is 22.6 Å². The van der Waals surface area contributed by atoms with Gasteiger partial charge in [0.15, 0.2) is 0 Å². The maximum atomic E-state index is 6.46. The van der Waals surface area contributed by atoms with Crippen LogP contribution in [0.25, 0.3) is 33.4 Å². The lowest BCUT2D eigenvalue weighted by molar-refractivity contribution is 1.07. The van der Waals surface area contributed by atoms with Gasteiger partial charge in [-0.05, 0) is 17.0 Å². The molecule has 3 aromatic carbocycles. The van der Waals surface area contributed by atoms with E-state index >= 15 is 0 Å². The number of imidazole rings is 1. The molecule has 0 aliphatic carbocycles. The number of rotatable bonds is 3. The van der Waals surface area contributed by atoms with Crippen molar-refractivity contribution in [3.05, 3.63) is 76.4 Å². The van der Waals surface area contributed by atoms with Crippen molar-refractivity contribution in [3.63, 3.8) is 0 Å². The van der Waals surface area contributed by atoms with Gasteiger partial charge >= 0.3 is 0 Å². The molecule has 0 unspecified atom stereocenters. The molecular weight excluding hydrogens is 353 g/mol. The Labute approximate surface area is 155 Å². The zero-order valence-electron chi connectivity index (χ0n) is 13.3. The van der Waals surface area contributed by atoms with E-state index in [2.05, 4.69) is 4.98 Å². The average Bonchev–Trinajstić information content (AvgIpc) is 3.03. The van der Waals surface area contributed by atoms with E-state index < -0.39 is 0 Å². The van der Waals surface area contributed by atoms with Gasteiger partial charge in [-0.3, -0.25) is 0 Å². The van der Waals surface area contributed by atoms with Crippen LogP contribution in [0, 0.1) is 0 Å². The molecule has 0 saturated carbocycles. The first-order valence-electron chi connectivity index (χ1n) is 7.90. The van der Waals surface area contributed by atoms with E-state index in [9.17, 15) is 0 Å². The van der Waals surface area contributed by atoms with E-state index in [1.165, 1.54) is 0 Å². The minimum absolute atomic E-state index is 0.505. The first-order chi connectivity index (χ1) is 12.2. The van der Waals surface area contributed by atoms with Gasteiger partial charge in [0.05, 0.1) is 0 Å². The van der Waals surface area contributed by atoms with Crippen LogP contribution in [0.15, 0.2) is 60.7 Å². The zero-order chi connectivity index (χ0) is 17.4. The summed E-state index contributed by atoms with van der Waals surface area (Å²) in [5.74, 6) is 0.725. The maximum absolute atomic E-state index is 6.46. The Morgan fingerprint density at radius 3 is 2.36 bits per heavy atom. The molecule has 0 radical (unpaired) electrons. The maximum Gasteiger partial charge on any atom is 0.139 e. The van der Waals surface area contributed by atoms with Crippen LogP contribution in [-0.2, 0) is 6.54 Å². The van der Waals surface area contributed by atoms with Crippen LogP contribution in [0.2, 0.25) is 10.2 Å². The van der Waals surface area contributed by atoms with E-state index in [0.29, 0.717) is 22.4 Å². The van der Waals surface area contributed by atoms with Crippen molar-refractivity contribution >= 4 is 34.0 Å². The summed E-state index contributed by atoms with van der Waals surface area (Å²) in [7, 11) is 0. The number of hydrogen-bond acceptors (Lipinski definition) is 2. The van der Waals surface area contributed by atoms with Gasteiger partial charge < -0.3 is 10.7 Å². The number of nitrogens with one attached hydrogen (secondary N) is 1. The van der Waals surface area contributed by atoms with Crippen molar-refractivity contribution in [2.45, 2.75) is 6.54 Å². The van der Waals surface area contributed by atoms with Gasteiger partial charge in [0.1, 0.15) is 16.7 Å². The Hall–Kier alpha value is -2.33.